The topological polar surface area (TPSA) is 3.88 Å². The van der Waals surface area contributed by atoms with Gasteiger partial charge in [0, 0.05) is 22.3 Å². The Bertz CT molecular complexity index is 1840. The van der Waals surface area contributed by atoms with Gasteiger partial charge < -0.3 is 17.0 Å². The molecule has 0 saturated heterocycles. The zero-order valence-corrected chi connectivity index (χ0v) is 25.9. The summed E-state index contributed by atoms with van der Waals surface area (Å²) < 4.78 is 2.55. The van der Waals surface area contributed by atoms with Crippen LogP contribution in [0.1, 0.15) is 5.56 Å². The van der Waals surface area contributed by atoms with E-state index in [9.17, 15) is 0 Å². The van der Waals surface area contributed by atoms with Gasteiger partial charge in [-0.3, -0.25) is 0 Å². The smallest absolute Gasteiger partial charge is 0.221 e. The highest BCUT2D eigenvalue weighted by Gasteiger charge is 2.34. The fourth-order valence-electron chi connectivity index (χ4n) is 6.13. The van der Waals surface area contributed by atoms with Crippen LogP contribution in [0.25, 0.3) is 55.9 Å². The molecule has 2 heteroatoms. The van der Waals surface area contributed by atoms with E-state index in [2.05, 4.69) is 187 Å². The van der Waals surface area contributed by atoms with Gasteiger partial charge in [0.25, 0.3) is 0 Å². The maximum absolute atomic E-state index is 2.55. The van der Waals surface area contributed by atoms with Crippen molar-refractivity contribution in [3.8, 4) is 55.9 Å². The van der Waals surface area contributed by atoms with Gasteiger partial charge in [0.1, 0.15) is 0 Å². The minimum Gasteiger partial charge on any atom is -1.00 e. The maximum atomic E-state index is 2.55. The molecule has 44 heavy (non-hydrogen) atoms. The number of pyridine rings is 1. The lowest BCUT2D eigenvalue weighted by molar-refractivity contribution is -0.665. The summed E-state index contributed by atoms with van der Waals surface area (Å²) in [6.07, 6.45) is 0. The van der Waals surface area contributed by atoms with E-state index >= 15 is 0 Å². The number of benzene rings is 6. The van der Waals surface area contributed by atoms with Gasteiger partial charge in [0.15, 0.2) is 6.54 Å². The molecule has 0 aliphatic carbocycles. The molecule has 0 unspecified atom stereocenters. The van der Waals surface area contributed by atoms with Gasteiger partial charge in [-0.1, -0.05) is 158 Å². The van der Waals surface area contributed by atoms with Crippen molar-refractivity contribution in [2.75, 3.05) is 0 Å². The SMILES string of the molecule is [Br-].c1ccc(C[n+]2c(-c3ccccc3)c(-c3ccccc3)c(-c3ccccc3)c(-c3ccccc3)c2-c2ccccc2)cc1. The third kappa shape index (κ3) is 5.77. The number of hydrogen-bond acceptors (Lipinski definition) is 0. The highest BCUT2D eigenvalue weighted by molar-refractivity contribution is 6.03. The van der Waals surface area contributed by atoms with E-state index in [0.29, 0.717) is 0 Å². The second-order valence-corrected chi connectivity index (χ2v) is 10.7. The highest BCUT2D eigenvalue weighted by atomic mass is 79.9. The van der Waals surface area contributed by atoms with Gasteiger partial charge in [-0.05, 0) is 41.0 Å². The van der Waals surface area contributed by atoms with Crippen LogP contribution in [0.5, 0.6) is 0 Å². The lowest BCUT2D eigenvalue weighted by Crippen LogP contribution is -3.00. The van der Waals surface area contributed by atoms with Crippen molar-refractivity contribution < 1.29 is 21.5 Å². The fourth-order valence-corrected chi connectivity index (χ4v) is 6.13. The third-order valence-corrected chi connectivity index (χ3v) is 7.98. The van der Waals surface area contributed by atoms with Crippen molar-refractivity contribution in [3.05, 3.63) is 188 Å². The Labute approximate surface area is 270 Å². The molecule has 1 aromatic heterocycles. The van der Waals surface area contributed by atoms with Crippen LogP contribution in [0.15, 0.2) is 182 Å². The Morgan fingerprint density at radius 1 is 0.295 bits per heavy atom. The van der Waals surface area contributed by atoms with E-state index in [1.807, 2.05) is 0 Å². The molecule has 212 valence electrons. The Balaban J connectivity index is 0.00000343. The van der Waals surface area contributed by atoms with Crippen molar-refractivity contribution in [2.24, 2.45) is 0 Å². The Kier molecular flexibility index (Phi) is 8.91. The first kappa shape index (κ1) is 29.0. The number of nitrogens with zero attached hydrogens (tertiary/aromatic N) is 1. The summed E-state index contributed by atoms with van der Waals surface area (Å²) in [6.45, 7) is 0.726. The number of aromatic nitrogens is 1. The van der Waals surface area contributed by atoms with Gasteiger partial charge >= 0.3 is 0 Å². The molecule has 7 aromatic rings. The van der Waals surface area contributed by atoms with Crippen LogP contribution in [0.3, 0.4) is 0 Å². The van der Waals surface area contributed by atoms with Gasteiger partial charge in [-0.15, -0.1) is 0 Å². The average molecular weight is 631 g/mol. The van der Waals surface area contributed by atoms with Crippen molar-refractivity contribution in [3.63, 3.8) is 0 Å². The Morgan fingerprint density at radius 3 is 0.909 bits per heavy atom. The fraction of sp³-hybridized carbons (Fsp3) is 0.0238. The minimum atomic E-state index is 0. The summed E-state index contributed by atoms with van der Waals surface area (Å²) in [5.74, 6) is 0. The van der Waals surface area contributed by atoms with Gasteiger partial charge in [0.05, 0.1) is 11.1 Å². The van der Waals surface area contributed by atoms with Crippen molar-refractivity contribution in [1.29, 1.82) is 0 Å². The van der Waals surface area contributed by atoms with E-state index in [1.165, 1.54) is 61.5 Å². The van der Waals surface area contributed by atoms with E-state index < -0.39 is 0 Å². The van der Waals surface area contributed by atoms with E-state index in [1.54, 1.807) is 0 Å². The molecule has 1 nitrogen and oxygen atoms in total. The monoisotopic (exact) mass is 629 g/mol. The van der Waals surface area contributed by atoms with E-state index in [-0.39, 0.29) is 17.0 Å². The summed E-state index contributed by atoms with van der Waals surface area (Å²) in [5.41, 5.74) is 13.3. The van der Waals surface area contributed by atoms with Crippen LogP contribution in [-0.2, 0) is 6.54 Å². The molecule has 0 saturated carbocycles. The molecule has 1 heterocycles. The predicted octanol–water partition coefficient (Wildman–Crippen LogP) is 7.36. The Hall–Kier alpha value is -5.05. The summed E-state index contributed by atoms with van der Waals surface area (Å²) >= 11 is 0. The van der Waals surface area contributed by atoms with Crippen molar-refractivity contribution in [1.82, 2.24) is 0 Å². The normalized spacial score (nSPS) is 10.6. The molecule has 0 fully saturated rings. The van der Waals surface area contributed by atoms with Crippen LogP contribution in [0, 0.1) is 0 Å². The molecule has 0 radical (unpaired) electrons. The van der Waals surface area contributed by atoms with E-state index in [0.717, 1.165) is 6.54 Å². The lowest BCUT2D eigenvalue weighted by Gasteiger charge is -2.23. The summed E-state index contributed by atoms with van der Waals surface area (Å²) in [5, 5.41) is 0. The molecule has 0 amide bonds. The first-order chi connectivity index (χ1) is 21.4. The molecule has 6 aromatic carbocycles. The van der Waals surface area contributed by atoms with Crippen molar-refractivity contribution >= 4 is 0 Å². The predicted molar refractivity (Wildman–Crippen MR) is 179 cm³/mol. The molecule has 0 atom stereocenters. The van der Waals surface area contributed by atoms with Gasteiger partial charge in [-0.25, -0.2) is 0 Å². The molecule has 0 N–H and O–H groups in total. The molecule has 0 spiro atoms. The third-order valence-electron chi connectivity index (χ3n) is 7.98. The number of halogens is 1. The van der Waals surface area contributed by atoms with Crippen LogP contribution < -0.4 is 21.5 Å². The van der Waals surface area contributed by atoms with Crippen LogP contribution in [-0.4, -0.2) is 0 Å². The summed E-state index contributed by atoms with van der Waals surface area (Å²) in [6, 6.07) is 65.2. The van der Waals surface area contributed by atoms with Crippen LogP contribution in [0.2, 0.25) is 0 Å². The standard InChI is InChI=1S/C42H32N.BrH/c1-7-19-32(20-8-1)31-43-41(36-27-15-5-16-28-36)39(34-23-11-3-12-24-34)38(33-21-9-2-10-22-33)40(35-25-13-4-14-26-35)42(43)37-29-17-6-18-30-37;/h1-30H,31H2;1H/q+1;/p-1. The zero-order valence-electron chi connectivity index (χ0n) is 24.4. The van der Waals surface area contributed by atoms with Crippen LogP contribution >= 0.6 is 0 Å². The van der Waals surface area contributed by atoms with Crippen LogP contribution in [0.4, 0.5) is 0 Å². The second kappa shape index (κ2) is 13.5. The van der Waals surface area contributed by atoms with Crippen molar-refractivity contribution in [2.45, 2.75) is 6.54 Å². The molecule has 7 rings (SSSR count). The maximum Gasteiger partial charge on any atom is 0.221 e. The quantitative estimate of drug-likeness (QED) is 0.162. The van der Waals surface area contributed by atoms with Gasteiger partial charge in [0.2, 0.25) is 11.4 Å². The number of rotatable bonds is 7. The highest BCUT2D eigenvalue weighted by Crippen LogP contribution is 2.47. The first-order valence-electron chi connectivity index (χ1n) is 14.8. The summed E-state index contributed by atoms with van der Waals surface area (Å²) in [7, 11) is 0. The van der Waals surface area contributed by atoms with E-state index in [4.69, 9.17) is 0 Å². The average Bonchev–Trinajstić information content (AvgIpc) is 3.10. The molecule has 0 aliphatic rings. The largest absolute Gasteiger partial charge is 1.00 e. The number of hydrogen-bond donors (Lipinski definition) is 0. The molecule has 0 bridgehead atoms. The zero-order chi connectivity index (χ0) is 28.8. The molecule has 0 aliphatic heterocycles. The first-order valence-corrected chi connectivity index (χ1v) is 14.8. The second-order valence-electron chi connectivity index (χ2n) is 10.7. The minimum absolute atomic E-state index is 0. The lowest BCUT2D eigenvalue weighted by atomic mass is 9.82. The van der Waals surface area contributed by atoms with Gasteiger partial charge in [-0.2, -0.15) is 4.57 Å². The summed E-state index contributed by atoms with van der Waals surface area (Å²) in [4.78, 5) is 0. The molecular formula is C42H32BrN. The molecular weight excluding hydrogens is 598 g/mol. The Morgan fingerprint density at radius 2 is 0.568 bits per heavy atom.